The summed E-state index contributed by atoms with van der Waals surface area (Å²) in [6.45, 7) is 5.61. The van der Waals surface area contributed by atoms with E-state index < -0.39 is 11.7 Å². The van der Waals surface area contributed by atoms with Gasteiger partial charge in [-0.2, -0.15) is 0 Å². The molecule has 0 aliphatic rings. The first-order chi connectivity index (χ1) is 10.8. The molecule has 1 heterocycles. The van der Waals surface area contributed by atoms with Crippen molar-refractivity contribution in [2.75, 3.05) is 13.1 Å². The summed E-state index contributed by atoms with van der Waals surface area (Å²) in [6.07, 6.45) is -0.0164. The van der Waals surface area contributed by atoms with Crippen LogP contribution in [0.5, 0.6) is 0 Å². The van der Waals surface area contributed by atoms with E-state index >= 15 is 0 Å². The fraction of sp³-hybridized carbons (Fsp3) is 0.412. The minimum absolute atomic E-state index is 0.116. The molecular weight excluding hydrogens is 296 g/mol. The van der Waals surface area contributed by atoms with Crippen molar-refractivity contribution < 1.29 is 18.7 Å². The molecule has 23 heavy (non-hydrogen) atoms. The van der Waals surface area contributed by atoms with Gasteiger partial charge in [-0.1, -0.05) is 18.2 Å². The molecule has 2 aromatic rings. The minimum Gasteiger partial charge on any atom is -0.461 e. The zero-order chi connectivity index (χ0) is 16.9. The van der Waals surface area contributed by atoms with Gasteiger partial charge in [0.05, 0.1) is 6.54 Å². The van der Waals surface area contributed by atoms with Crippen LogP contribution >= 0.6 is 0 Å². The summed E-state index contributed by atoms with van der Waals surface area (Å²) < 4.78 is 10.7. The number of fused-ring (bicyclic) bond motifs is 1. The first-order valence-corrected chi connectivity index (χ1v) is 7.54. The van der Waals surface area contributed by atoms with Crippen LogP contribution in [0.1, 0.15) is 26.5 Å². The molecule has 0 aliphatic heterocycles. The summed E-state index contributed by atoms with van der Waals surface area (Å²) in [6, 6.07) is 9.71. The normalized spacial score (nSPS) is 11.3. The van der Waals surface area contributed by atoms with Crippen LogP contribution in [0.15, 0.2) is 34.7 Å². The summed E-state index contributed by atoms with van der Waals surface area (Å²) in [5.41, 5.74) is 0.252. The highest BCUT2D eigenvalue weighted by atomic mass is 16.6. The van der Waals surface area contributed by atoms with Crippen LogP contribution in [-0.2, 0) is 16.0 Å². The molecule has 0 spiro atoms. The number of rotatable bonds is 5. The standard InChI is InChI=1S/C17H22N2O4/c1-17(2,3)23-16(21)19-11-15(20)18-9-8-13-10-12-6-4-5-7-14(12)22-13/h4-7,10H,8-9,11H2,1-3H3,(H,18,20)(H,19,21). The van der Waals surface area contributed by atoms with E-state index in [9.17, 15) is 9.59 Å². The molecule has 2 N–H and O–H groups in total. The number of nitrogens with one attached hydrogen (secondary N) is 2. The van der Waals surface area contributed by atoms with Gasteiger partial charge in [0.1, 0.15) is 16.9 Å². The van der Waals surface area contributed by atoms with E-state index in [1.165, 1.54) is 0 Å². The maximum atomic E-state index is 11.7. The van der Waals surface area contributed by atoms with Crippen LogP contribution in [0.4, 0.5) is 4.79 Å². The number of carbonyl (C=O) groups is 2. The first-order valence-electron chi connectivity index (χ1n) is 7.54. The summed E-state index contributed by atoms with van der Waals surface area (Å²) in [5.74, 6) is 0.540. The molecule has 1 aromatic carbocycles. The summed E-state index contributed by atoms with van der Waals surface area (Å²) in [4.78, 5) is 23.1. The van der Waals surface area contributed by atoms with Crippen LogP contribution in [0.25, 0.3) is 11.0 Å². The van der Waals surface area contributed by atoms with Gasteiger partial charge in [0.15, 0.2) is 0 Å². The Kier molecular flexibility index (Phi) is 5.26. The Morgan fingerprint density at radius 3 is 2.61 bits per heavy atom. The molecule has 0 fully saturated rings. The van der Waals surface area contributed by atoms with E-state index in [2.05, 4.69) is 10.6 Å². The highest BCUT2D eigenvalue weighted by molar-refractivity contribution is 5.82. The van der Waals surface area contributed by atoms with Gasteiger partial charge < -0.3 is 19.8 Å². The minimum atomic E-state index is -0.607. The van der Waals surface area contributed by atoms with Gasteiger partial charge in [-0.3, -0.25) is 4.79 Å². The first kappa shape index (κ1) is 16.9. The number of benzene rings is 1. The second-order valence-electron chi connectivity index (χ2n) is 6.21. The van der Waals surface area contributed by atoms with E-state index in [-0.39, 0.29) is 12.5 Å². The fourth-order valence-corrected chi connectivity index (χ4v) is 2.01. The Labute approximate surface area is 135 Å². The lowest BCUT2D eigenvalue weighted by molar-refractivity contribution is -0.120. The highest BCUT2D eigenvalue weighted by Crippen LogP contribution is 2.18. The third kappa shape index (κ3) is 5.65. The second-order valence-corrected chi connectivity index (χ2v) is 6.21. The third-order valence-corrected chi connectivity index (χ3v) is 2.96. The van der Waals surface area contributed by atoms with Crippen molar-refractivity contribution in [3.05, 3.63) is 36.1 Å². The zero-order valence-corrected chi connectivity index (χ0v) is 13.6. The molecule has 0 aliphatic carbocycles. The Morgan fingerprint density at radius 1 is 1.17 bits per heavy atom. The smallest absolute Gasteiger partial charge is 0.408 e. The fourth-order valence-electron chi connectivity index (χ4n) is 2.01. The van der Waals surface area contributed by atoms with Crippen molar-refractivity contribution in [2.24, 2.45) is 0 Å². The molecule has 0 unspecified atom stereocenters. The Morgan fingerprint density at radius 2 is 1.91 bits per heavy atom. The van der Waals surface area contributed by atoms with Crippen molar-refractivity contribution in [3.8, 4) is 0 Å². The Hall–Kier alpha value is -2.50. The van der Waals surface area contributed by atoms with Crippen molar-refractivity contribution in [3.63, 3.8) is 0 Å². The molecule has 0 radical (unpaired) electrons. The van der Waals surface area contributed by atoms with Crippen molar-refractivity contribution >= 4 is 23.0 Å². The van der Waals surface area contributed by atoms with E-state index in [0.29, 0.717) is 13.0 Å². The number of amides is 2. The average Bonchev–Trinajstić information content (AvgIpc) is 2.86. The van der Waals surface area contributed by atoms with Gasteiger partial charge in [0.2, 0.25) is 5.91 Å². The molecule has 0 saturated carbocycles. The summed E-state index contributed by atoms with van der Waals surface area (Å²) >= 11 is 0. The quantitative estimate of drug-likeness (QED) is 0.888. The monoisotopic (exact) mass is 318 g/mol. The van der Waals surface area contributed by atoms with Gasteiger partial charge in [0, 0.05) is 18.4 Å². The van der Waals surface area contributed by atoms with Crippen molar-refractivity contribution in [1.29, 1.82) is 0 Å². The number of carbonyl (C=O) groups excluding carboxylic acids is 2. The summed E-state index contributed by atoms with van der Waals surface area (Å²) in [7, 11) is 0. The van der Waals surface area contributed by atoms with Crippen LogP contribution in [-0.4, -0.2) is 30.7 Å². The second kappa shape index (κ2) is 7.17. The number of hydrogen-bond acceptors (Lipinski definition) is 4. The molecule has 6 nitrogen and oxygen atoms in total. The van der Waals surface area contributed by atoms with Crippen molar-refractivity contribution in [2.45, 2.75) is 32.8 Å². The molecule has 0 bridgehead atoms. The lowest BCUT2D eigenvalue weighted by atomic mass is 10.2. The van der Waals surface area contributed by atoms with Crippen LogP contribution in [0.2, 0.25) is 0 Å². The molecule has 6 heteroatoms. The van der Waals surface area contributed by atoms with E-state index in [1.54, 1.807) is 20.8 Å². The maximum Gasteiger partial charge on any atom is 0.408 e. The van der Waals surface area contributed by atoms with E-state index in [4.69, 9.17) is 9.15 Å². The number of hydrogen-bond donors (Lipinski definition) is 2. The lowest BCUT2D eigenvalue weighted by Gasteiger charge is -2.19. The number of furan rings is 1. The van der Waals surface area contributed by atoms with Gasteiger partial charge in [-0.15, -0.1) is 0 Å². The van der Waals surface area contributed by atoms with E-state index in [0.717, 1.165) is 16.7 Å². The molecule has 2 rings (SSSR count). The predicted octanol–water partition coefficient (Wildman–Crippen LogP) is 2.62. The topological polar surface area (TPSA) is 80.6 Å². The molecular formula is C17H22N2O4. The number of alkyl carbamates (subject to hydrolysis) is 1. The van der Waals surface area contributed by atoms with Gasteiger partial charge in [-0.05, 0) is 32.9 Å². The van der Waals surface area contributed by atoms with Gasteiger partial charge >= 0.3 is 6.09 Å². The van der Waals surface area contributed by atoms with Gasteiger partial charge in [-0.25, -0.2) is 4.79 Å². The summed E-state index contributed by atoms with van der Waals surface area (Å²) in [5, 5.41) is 6.18. The SMILES string of the molecule is CC(C)(C)OC(=O)NCC(=O)NCCc1cc2ccccc2o1. The zero-order valence-electron chi connectivity index (χ0n) is 13.6. The Bertz CT molecular complexity index is 652. The number of ether oxygens (including phenoxy) is 1. The predicted molar refractivity (Wildman–Crippen MR) is 87.2 cm³/mol. The Balaban J connectivity index is 1.69. The number of para-hydroxylation sites is 1. The van der Waals surface area contributed by atoms with Crippen LogP contribution in [0, 0.1) is 0 Å². The van der Waals surface area contributed by atoms with E-state index in [1.807, 2.05) is 30.3 Å². The maximum absolute atomic E-state index is 11.7. The van der Waals surface area contributed by atoms with Crippen LogP contribution in [0.3, 0.4) is 0 Å². The third-order valence-electron chi connectivity index (χ3n) is 2.96. The molecule has 0 atom stereocenters. The molecule has 1 aromatic heterocycles. The highest BCUT2D eigenvalue weighted by Gasteiger charge is 2.16. The van der Waals surface area contributed by atoms with Crippen molar-refractivity contribution in [1.82, 2.24) is 10.6 Å². The lowest BCUT2D eigenvalue weighted by Crippen LogP contribution is -2.40. The van der Waals surface area contributed by atoms with Gasteiger partial charge in [0.25, 0.3) is 0 Å². The molecule has 2 amide bonds. The molecule has 124 valence electrons. The molecule has 0 saturated heterocycles. The van der Waals surface area contributed by atoms with Crippen LogP contribution < -0.4 is 10.6 Å². The largest absolute Gasteiger partial charge is 0.461 e. The average molecular weight is 318 g/mol.